The summed E-state index contributed by atoms with van der Waals surface area (Å²) >= 11 is 0. The Bertz CT molecular complexity index is 856. The van der Waals surface area contributed by atoms with E-state index in [0.29, 0.717) is 16.7 Å². The lowest BCUT2D eigenvalue weighted by atomic mass is 9.93. The van der Waals surface area contributed by atoms with Crippen molar-refractivity contribution in [2.45, 2.75) is 57.0 Å². The van der Waals surface area contributed by atoms with Crippen molar-refractivity contribution in [3.8, 4) is 0 Å². The highest BCUT2D eigenvalue weighted by Crippen LogP contribution is 2.51. The second-order valence-corrected chi connectivity index (χ2v) is 22.4. The van der Waals surface area contributed by atoms with E-state index in [9.17, 15) is 8.42 Å². The van der Waals surface area contributed by atoms with Crippen LogP contribution in [0.1, 0.15) is 12.8 Å². The third-order valence-corrected chi connectivity index (χ3v) is 12.7. The predicted octanol–water partition coefficient (Wildman–Crippen LogP) is 5.72. The van der Waals surface area contributed by atoms with E-state index in [2.05, 4.69) is 51.4 Å². The molecule has 0 aromatic heterocycles. The monoisotopic (exact) mass is 418 g/mol. The average molecular weight is 419 g/mol. The van der Waals surface area contributed by atoms with Crippen molar-refractivity contribution in [3.05, 3.63) is 52.9 Å². The molecule has 0 spiro atoms. The Labute approximate surface area is 167 Å². The summed E-state index contributed by atoms with van der Waals surface area (Å²) in [7, 11) is -6.21. The SMILES string of the molecule is C[Si](C)(C)C1=C([Si](C)(C)C)[C@H]2C[C@@H]1CC=C[C@@H]2CS(=O)(=O)c1ccccc1. The minimum absolute atomic E-state index is 0.107. The molecule has 0 unspecified atom stereocenters. The number of hydrogen-bond acceptors (Lipinski definition) is 2. The maximum atomic E-state index is 13.1. The van der Waals surface area contributed by atoms with Gasteiger partial charge in [0, 0.05) is 0 Å². The Balaban J connectivity index is 2.03. The van der Waals surface area contributed by atoms with Crippen LogP contribution >= 0.6 is 0 Å². The first-order valence-electron chi connectivity index (χ1n) is 10.1. The van der Waals surface area contributed by atoms with Crippen molar-refractivity contribution >= 4 is 26.0 Å². The lowest BCUT2D eigenvalue weighted by Gasteiger charge is -2.34. The molecule has 0 saturated heterocycles. The Morgan fingerprint density at radius 3 is 2.07 bits per heavy atom. The predicted molar refractivity (Wildman–Crippen MR) is 121 cm³/mol. The molecule has 0 fully saturated rings. The highest BCUT2D eigenvalue weighted by atomic mass is 32.2. The zero-order valence-electron chi connectivity index (χ0n) is 17.6. The fourth-order valence-corrected chi connectivity index (χ4v) is 14.0. The van der Waals surface area contributed by atoms with Gasteiger partial charge in [0.05, 0.1) is 26.8 Å². The maximum absolute atomic E-state index is 13.1. The van der Waals surface area contributed by atoms with Gasteiger partial charge in [-0.05, 0) is 42.7 Å². The summed E-state index contributed by atoms with van der Waals surface area (Å²) in [4.78, 5) is 0.459. The van der Waals surface area contributed by atoms with E-state index in [1.807, 2.05) is 18.2 Å². The molecule has 1 aromatic rings. The summed E-state index contributed by atoms with van der Waals surface area (Å²) in [5, 5.41) is 3.49. The van der Waals surface area contributed by atoms with Gasteiger partial charge in [0.1, 0.15) is 0 Å². The molecule has 2 aliphatic carbocycles. The van der Waals surface area contributed by atoms with Crippen molar-refractivity contribution in [2.24, 2.45) is 17.8 Å². The van der Waals surface area contributed by atoms with E-state index in [4.69, 9.17) is 0 Å². The van der Waals surface area contributed by atoms with E-state index in [-0.39, 0.29) is 11.7 Å². The van der Waals surface area contributed by atoms with Crippen LogP contribution in [0.4, 0.5) is 0 Å². The molecule has 0 heterocycles. The fraction of sp³-hybridized carbons (Fsp3) is 0.545. The molecular formula is C22H34O2SSi2. The average Bonchev–Trinajstić information content (AvgIpc) is 2.84. The molecule has 0 amide bonds. The van der Waals surface area contributed by atoms with Crippen LogP contribution in [0.2, 0.25) is 39.3 Å². The largest absolute Gasteiger partial charge is 0.224 e. The van der Waals surface area contributed by atoms with Gasteiger partial charge >= 0.3 is 0 Å². The summed E-state index contributed by atoms with van der Waals surface area (Å²) in [5.74, 6) is 1.40. The fourth-order valence-electron chi connectivity index (χ4n) is 5.24. The molecule has 5 heteroatoms. The van der Waals surface area contributed by atoms with Crippen LogP contribution in [0.25, 0.3) is 0 Å². The van der Waals surface area contributed by atoms with Gasteiger partial charge in [-0.2, -0.15) is 0 Å². The highest BCUT2D eigenvalue weighted by Gasteiger charge is 2.46. The number of hydrogen-bond donors (Lipinski definition) is 0. The quantitative estimate of drug-likeness (QED) is 0.452. The first kappa shape index (κ1) is 20.8. The molecule has 3 atom stereocenters. The number of allylic oxidation sites excluding steroid dienone is 4. The van der Waals surface area contributed by atoms with Crippen LogP contribution in [0.5, 0.6) is 0 Å². The molecule has 148 valence electrons. The molecule has 0 aliphatic heterocycles. The second-order valence-electron chi connectivity index (χ2n) is 10.3. The van der Waals surface area contributed by atoms with Crippen molar-refractivity contribution in [2.75, 3.05) is 5.75 Å². The van der Waals surface area contributed by atoms with E-state index >= 15 is 0 Å². The van der Waals surface area contributed by atoms with Crippen LogP contribution in [0.3, 0.4) is 0 Å². The smallest absolute Gasteiger partial charge is 0.178 e. The van der Waals surface area contributed by atoms with E-state index < -0.39 is 26.0 Å². The molecule has 2 nitrogen and oxygen atoms in total. The van der Waals surface area contributed by atoms with Gasteiger partial charge in [-0.15, -0.1) is 0 Å². The number of benzene rings is 1. The third kappa shape index (κ3) is 4.25. The van der Waals surface area contributed by atoms with E-state index in [1.54, 1.807) is 22.5 Å². The van der Waals surface area contributed by atoms with Gasteiger partial charge in [0.2, 0.25) is 0 Å². The first-order chi connectivity index (χ1) is 12.4. The number of fused-ring (bicyclic) bond motifs is 2. The second kappa shape index (κ2) is 7.16. The van der Waals surface area contributed by atoms with Crippen LogP contribution in [0.15, 0.2) is 57.8 Å². The Kier molecular flexibility index (Phi) is 5.52. The minimum Gasteiger partial charge on any atom is -0.224 e. The number of rotatable bonds is 5. The number of sulfone groups is 1. The Hall–Kier alpha value is -0.916. The van der Waals surface area contributed by atoms with Crippen LogP contribution in [-0.4, -0.2) is 30.3 Å². The van der Waals surface area contributed by atoms with Crippen LogP contribution in [-0.2, 0) is 9.84 Å². The molecular weight excluding hydrogens is 384 g/mol. The zero-order valence-corrected chi connectivity index (χ0v) is 20.4. The van der Waals surface area contributed by atoms with Gasteiger partial charge in [-0.3, -0.25) is 0 Å². The lowest BCUT2D eigenvalue weighted by Crippen LogP contribution is -2.37. The van der Waals surface area contributed by atoms with Crippen LogP contribution in [0, 0.1) is 17.8 Å². The van der Waals surface area contributed by atoms with Crippen molar-refractivity contribution in [1.29, 1.82) is 0 Å². The van der Waals surface area contributed by atoms with Crippen molar-refractivity contribution < 1.29 is 8.42 Å². The van der Waals surface area contributed by atoms with Gasteiger partial charge in [0.15, 0.2) is 9.84 Å². The molecule has 27 heavy (non-hydrogen) atoms. The third-order valence-electron chi connectivity index (χ3n) is 6.06. The summed E-state index contributed by atoms with van der Waals surface area (Å²) in [6, 6.07) is 8.97. The standard InChI is InChI=1S/C22H34O2SSi2/c1-26(2,3)21-17-11-10-12-18(20(15-17)22(21)27(4,5)6)16-25(23,24)19-13-8-7-9-14-19/h7-10,12-14,17-18,20H,11,15-16H2,1-6H3/t17-,18+,20-/m0/s1. The molecule has 2 aliphatic rings. The van der Waals surface area contributed by atoms with E-state index in [0.717, 1.165) is 12.8 Å². The zero-order chi connectivity index (χ0) is 20.0. The van der Waals surface area contributed by atoms with Gasteiger partial charge < -0.3 is 0 Å². The van der Waals surface area contributed by atoms with Crippen molar-refractivity contribution in [3.63, 3.8) is 0 Å². The first-order valence-corrected chi connectivity index (χ1v) is 18.8. The van der Waals surface area contributed by atoms with Gasteiger partial charge in [0.25, 0.3) is 0 Å². The van der Waals surface area contributed by atoms with Gasteiger partial charge in [-0.25, -0.2) is 8.42 Å². The van der Waals surface area contributed by atoms with Gasteiger partial charge in [-0.1, -0.05) is 80.0 Å². The summed E-state index contributed by atoms with van der Waals surface area (Å²) in [5.41, 5.74) is 0. The minimum atomic E-state index is -3.27. The molecule has 3 rings (SSSR count). The normalized spacial score (nSPS) is 26.4. The molecule has 0 radical (unpaired) electrons. The maximum Gasteiger partial charge on any atom is 0.178 e. The Morgan fingerprint density at radius 2 is 1.52 bits per heavy atom. The molecule has 0 N–H and O–H groups in total. The Morgan fingerprint density at radius 1 is 0.926 bits per heavy atom. The molecule has 1 aromatic carbocycles. The lowest BCUT2D eigenvalue weighted by molar-refractivity contribution is 0.452. The summed E-state index contributed by atoms with van der Waals surface area (Å²) < 4.78 is 26.2. The van der Waals surface area contributed by atoms with Crippen molar-refractivity contribution in [1.82, 2.24) is 0 Å². The van der Waals surface area contributed by atoms with Crippen LogP contribution < -0.4 is 0 Å². The topological polar surface area (TPSA) is 34.1 Å². The van der Waals surface area contributed by atoms with E-state index in [1.165, 1.54) is 0 Å². The summed E-state index contributed by atoms with van der Waals surface area (Å²) in [6.45, 7) is 14.8. The summed E-state index contributed by atoms with van der Waals surface area (Å²) in [6.07, 6.45) is 6.75. The molecule has 2 bridgehead atoms. The molecule has 0 saturated carbocycles. The highest BCUT2D eigenvalue weighted by molar-refractivity contribution is 7.91.